The Morgan fingerprint density at radius 3 is 2.15 bits per heavy atom. The van der Waals surface area contributed by atoms with Crippen molar-refractivity contribution in [2.45, 2.75) is 18.9 Å². The summed E-state index contributed by atoms with van der Waals surface area (Å²) in [4.78, 5) is 6.18. The molecule has 1 saturated carbocycles. The van der Waals surface area contributed by atoms with Gasteiger partial charge in [0, 0.05) is 13.1 Å². The van der Waals surface area contributed by atoms with Crippen LogP contribution >= 0.6 is 0 Å². The number of nitrogens with two attached hydrogens (primary N) is 1. The van der Waals surface area contributed by atoms with Gasteiger partial charge in [0.25, 0.3) is 0 Å². The third-order valence-corrected chi connectivity index (χ3v) is 6.99. The zero-order valence-corrected chi connectivity index (χ0v) is 16.6. The second-order valence-electron chi connectivity index (χ2n) is 6.15. The standard InChI is InChI=1S/C15H24N4O5S2/c1-18(12-4-5-12)15(16)17-10-11-24-14-8-6-13(7-9-14)19(25(2,20)21)26(3,22)23/h6-9,12H,4-5,10-11H2,1-3H3,(H2,16,17). The molecule has 0 aliphatic heterocycles. The van der Waals surface area contributed by atoms with Gasteiger partial charge in [-0.05, 0) is 37.1 Å². The first-order chi connectivity index (χ1) is 12.0. The largest absolute Gasteiger partial charge is 0.492 e. The molecule has 1 aliphatic rings. The van der Waals surface area contributed by atoms with Gasteiger partial charge >= 0.3 is 0 Å². The Hall–Kier alpha value is -2.01. The summed E-state index contributed by atoms with van der Waals surface area (Å²) >= 11 is 0. The molecule has 26 heavy (non-hydrogen) atoms. The maximum atomic E-state index is 11.7. The molecule has 0 unspecified atom stereocenters. The van der Waals surface area contributed by atoms with Crippen LogP contribution in [0.15, 0.2) is 29.3 Å². The minimum Gasteiger partial charge on any atom is -0.492 e. The van der Waals surface area contributed by atoms with Crippen LogP contribution in [0.25, 0.3) is 0 Å². The lowest BCUT2D eigenvalue weighted by Crippen LogP contribution is -2.36. The van der Waals surface area contributed by atoms with E-state index in [0.717, 1.165) is 25.4 Å². The molecule has 2 rings (SSSR count). The van der Waals surface area contributed by atoms with Crippen LogP contribution in [0.1, 0.15) is 12.8 Å². The summed E-state index contributed by atoms with van der Waals surface area (Å²) in [7, 11) is -6.01. The average Bonchev–Trinajstić information content (AvgIpc) is 3.34. The number of guanidine groups is 1. The second kappa shape index (κ2) is 7.70. The molecule has 11 heteroatoms. The van der Waals surface area contributed by atoms with Gasteiger partial charge in [0.15, 0.2) is 5.96 Å². The van der Waals surface area contributed by atoms with Gasteiger partial charge in [-0.2, -0.15) is 3.71 Å². The fourth-order valence-corrected chi connectivity index (χ4v) is 5.35. The number of rotatable bonds is 8. The quantitative estimate of drug-likeness (QED) is 0.373. The fourth-order valence-electron chi connectivity index (χ4n) is 2.38. The molecule has 0 bridgehead atoms. The number of hydrogen-bond acceptors (Lipinski definition) is 6. The minimum atomic E-state index is -3.96. The molecule has 0 amide bonds. The topological polar surface area (TPSA) is 122 Å². The zero-order valence-electron chi connectivity index (χ0n) is 15.0. The first-order valence-electron chi connectivity index (χ1n) is 7.96. The van der Waals surface area contributed by atoms with Crippen molar-refractivity contribution in [3.63, 3.8) is 0 Å². The third kappa shape index (κ3) is 5.49. The summed E-state index contributed by atoms with van der Waals surface area (Å²) in [5.41, 5.74) is 5.90. The number of nitrogens with zero attached hydrogens (tertiary/aromatic N) is 3. The molecule has 0 aromatic heterocycles. The highest BCUT2D eigenvalue weighted by atomic mass is 32.3. The van der Waals surface area contributed by atoms with E-state index in [2.05, 4.69) is 4.99 Å². The van der Waals surface area contributed by atoms with E-state index in [1.165, 1.54) is 24.3 Å². The van der Waals surface area contributed by atoms with E-state index >= 15 is 0 Å². The molecular formula is C15H24N4O5S2. The molecule has 0 saturated heterocycles. The van der Waals surface area contributed by atoms with Crippen molar-refractivity contribution in [1.29, 1.82) is 0 Å². The normalized spacial score (nSPS) is 15.6. The molecule has 146 valence electrons. The Kier molecular flexibility index (Phi) is 6.02. The summed E-state index contributed by atoms with van der Waals surface area (Å²) in [5, 5.41) is 0. The van der Waals surface area contributed by atoms with Crippen molar-refractivity contribution < 1.29 is 21.6 Å². The molecule has 0 heterocycles. The lowest BCUT2D eigenvalue weighted by Gasteiger charge is -2.20. The van der Waals surface area contributed by atoms with E-state index in [0.29, 0.717) is 34.6 Å². The number of hydrogen-bond donors (Lipinski definition) is 1. The Balaban J connectivity index is 1.96. The summed E-state index contributed by atoms with van der Waals surface area (Å²) in [5.74, 6) is 0.948. The van der Waals surface area contributed by atoms with Crippen molar-refractivity contribution in [3.8, 4) is 5.75 Å². The van der Waals surface area contributed by atoms with Crippen molar-refractivity contribution in [2.75, 3.05) is 36.4 Å². The number of benzene rings is 1. The van der Waals surface area contributed by atoms with Crippen LogP contribution in [-0.4, -0.2) is 66.4 Å². The van der Waals surface area contributed by atoms with E-state index in [9.17, 15) is 16.8 Å². The number of aliphatic imine (C=N–C) groups is 1. The lowest BCUT2D eigenvalue weighted by molar-refractivity contribution is 0.327. The molecule has 0 spiro atoms. The molecule has 1 aromatic rings. The lowest BCUT2D eigenvalue weighted by atomic mass is 10.3. The predicted octanol–water partition coefficient (Wildman–Crippen LogP) is 0.200. The van der Waals surface area contributed by atoms with Crippen molar-refractivity contribution in [1.82, 2.24) is 4.90 Å². The van der Waals surface area contributed by atoms with Crippen LogP contribution in [0.3, 0.4) is 0 Å². The summed E-state index contributed by atoms with van der Waals surface area (Å²) in [6, 6.07) is 6.23. The first kappa shape index (κ1) is 20.3. The van der Waals surface area contributed by atoms with Gasteiger partial charge in [0.05, 0.1) is 24.7 Å². The maximum Gasteiger partial charge on any atom is 0.245 e. The smallest absolute Gasteiger partial charge is 0.245 e. The summed E-state index contributed by atoms with van der Waals surface area (Å²) in [6.45, 7) is 0.671. The van der Waals surface area contributed by atoms with E-state index < -0.39 is 20.0 Å². The Labute approximate surface area is 154 Å². The van der Waals surface area contributed by atoms with Gasteiger partial charge in [-0.3, -0.25) is 0 Å². The zero-order chi connectivity index (χ0) is 19.5. The van der Waals surface area contributed by atoms with Crippen LogP contribution in [0.5, 0.6) is 5.75 Å². The molecule has 1 fully saturated rings. The van der Waals surface area contributed by atoms with E-state index in [1.807, 2.05) is 11.9 Å². The van der Waals surface area contributed by atoms with Gasteiger partial charge in [0.2, 0.25) is 20.0 Å². The van der Waals surface area contributed by atoms with Gasteiger partial charge in [-0.25, -0.2) is 21.8 Å². The summed E-state index contributed by atoms with van der Waals surface area (Å²) < 4.78 is 52.8. The molecule has 9 nitrogen and oxygen atoms in total. The van der Waals surface area contributed by atoms with Gasteiger partial charge in [0.1, 0.15) is 12.4 Å². The van der Waals surface area contributed by atoms with Crippen molar-refractivity contribution >= 4 is 31.7 Å². The molecule has 2 N–H and O–H groups in total. The number of sulfonamides is 2. The summed E-state index contributed by atoms with van der Waals surface area (Å²) in [6.07, 6.45) is 3.93. The predicted molar refractivity (Wildman–Crippen MR) is 101 cm³/mol. The van der Waals surface area contributed by atoms with Crippen molar-refractivity contribution in [2.24, 2.45) is 10.7 Å². The molecule has 1 aliphatic carbocycles. The first-order valence-corrected chi connectivity index (χ1v) is 11.7. The van der Waals surface area contributed by atoms with E-state index in [-0.39, 0.29) is 5.69 Å². The Morgan fingerprint density at radius 1 is 1.15 bits per heavy atom. The monoisotopic (exact) mass is 404 g/mol. The highest BCUT2D eigenvalue weighted by Crippen LogP contribution is 2.25. The molecule has 1 aromatic carbocycles. The van der Waals surface area contributed by atoms with Crippen LogP contribution in [-0.2, 0) is 20.0 Å². The molecule has 0 radical (unpaired) electrons. The average molecular weight is 405 g/mol. The molecular weight excluding hydrogens is 380 g/mol. The second-order valence-corrected chi connectivity index (χ2v) is 10.0. The SMILES string of the molecule is CN(C(N)=NCCOc1ccc(N(S(C)(=O)=O)S(C)(=O)=O)cc1)C1CC1. The maximum absolute atomic E-state index is 11.7. The molecule has 0 atom stereocenters. The third-order valence-electron chi connectivity index (χ3n) is 3.74. The van der Waals surface area contributed by atoms with Gasteiger partial charge < -0.3 is 15.4 Å². The Bertz CT molecular complexity index is 830. The van der Waals surface area contributed by atoms with Crippen molar-refractivity contribution in [3.05, 3.63) is 24.3 Å². The van der Waals surface area contributed by atoms with E-state index in [4.69, 9.17) is 10.5 Å². The highest BCUT2D eigenvalue weighted by Gasteiger charge is 2.28. The van der Waals surface area contributed by atoms with Crippen LogP contribution in [0, 0.1) is 0 Å². The fraction of sp³-hybridized carbons (Fsp3) is 0.533. The van der Waals surface area contributed by atoms with Gasteiger partial charge in [-0.15, -0.1) is 0 Å². The van der Waals surface area contributed by atoms with Crippen LogP contribution in [0.2, 0.25) is 0 Å². The number of ether oxygens (including phenoxy) is 1. The van der Waals surface area contributed by atoms with Gasteiger partial charge in [-0.1, -0.05) is 0 Å². The minimum absolute atomic E-state index is 0.0238. The highest BCUT2D eigenvalue weighted by molar-refractivity contribution is 8.09. The Morgan fingerprint density at radius 2 is 1.69 bits per heavy atom. The van der Waals surface area contributed by atoms with Crippen LogP contribution in [0.4, 0.5) is 5.69 Å². The van der Waals surface area contributed by atoms with E-state index in [1.54, 1.807) is 0 Å². The van der Waals surface area contributed by atoms with Crippen LogP contribution < -0.4 is 14.2 Å². The number of anilines is 1.